The van der Waals surface area contributed by atoms with Crippen molar-refractivity contribution in [2.45, 2.75) is 25.1 Å². The summed E-state index contributed by atoms with van der Waals surface area (Å²) < 4.78 is 13.3. The smallest absolute Gasteiger partial charge is 0.135 e. The highest BCUT2D eigenvalue weighted by atomic mass is 19.1. The molecule has 2 nitrogen and oxygen atoms in total. The first-order chi connectivity index (χ1) is 4.52. The maximum absolute atomic E-state index is 13.3. The summed E-state index contributed by atoms with van der Waals surface area (Å²) in [5, 5.41) is 0. The SMILES string of the molecule is CN1CCC(N)C(C)(F)C1. The highest BCUT2D eigenvalue weighted by Crippen LogP contribution is 2.22. The van der Waals surface area contributed by atoms with Crippen molar-refractivity contribution in [3.63, 3.8) is 0 Å². The van der Waals surface area contributed by atoms with Crippen LogP contribution in [0.15, 0.2) is 0 Å². The molecule has 2 atom stereocenters. The minimum atomic E-state index is -1.19. The van der Waals surface area contributed by atoms with E-state index in [9.17, 15) is 4.39 Å². The molecule has 1 fully saturated rings. The highest BCUT2D eigenvalue weighted by molar-refractivity contribution is 4.92. The molecule has 0 aromatic carbocycles. The van der Waals surface area contributed by atoms with Crippen LogP contribution in [-0.4, -0.2) is 36.7 Å². The lowest BCUT2D eigenvalue weighted by Crippen LogP contribution is -2.54. The first kappa shape index (κ1) is 7.95. The van der Waals surface area contributed by atoms with E-state index in [2.05, 4.69) is 0 Å². The first-order valence-electron chi connectivity index (χ1n) is 3.65. The zero-order valence-corrected chi connectivity index (χ0v) is 6.60. The molecule has 1 rings (SSSR count). The van der Waals surface area contributed by atoms with E-state index in [1.165, 1.54) is 0 Å². The molecule has 0 bridgehead atoms. The van der Waals surface area contributed by atoms with Crippen LogP contribution in [0.25, 0.3) is 0 Å². The van der Waals surface area contributed by atoms with Gasteiger partial charge in [0.15, 0.2) is 0 Å². The molecule has 0 saturated carbocycles. The molecule has 2 N–H and O–H groups in total. The van der Waals surface area contributed by atoms with Crippen molar-refractivity contribution < 1.29 is 4.39 Å². The molecule has 3 heteroatoms. The summed E-state index contributed by atoms with van der Waals surface area (Å²) >= 11 is 0. The number of nitrogens with zero attached hydrogens (tertiary/aromatic N) is 1. The largest absolute Gasteiger partial charge is 0.325 e. The van der Waals surface area contributed by atoms with E-state index < -0.39 is 5.67 Å². The van der Waals surface area contributed by atoms with Crippen molar-refractivity contribution in [2.24, 2.45) is 5.73 Å². The van der Waals surface area contributed by atoms with E-state index >= 15 is 0 Å². The van der Waals surface area contributed by atoms with Gasteiger partial charge in [0.2, 0.25) is 0 Å². The Hall–Kier alpha value is -0.150. The van der Waals surface area contributed by atoms with Crippen LogP contribution in [0.3, 0.4) is 0 Å². The van der Waals surface area contributed by atoms with Gasteiger partial charge in [-0.25, -0.2) is 4.39 Å². The van der Waals surface area contributed by atoms with Gasteiger partial charge < -0.3 is 10.6 Å². The van der Waals surface area contributed by atoms with Crippen molar-refractivity contribution in [1.82, 2.24) is 4.90 Å². The van der Waals surface area contributed by atoms with Crippen molar-refractivity contribution >= 4 is 0 Å². The summed E-state index contributed by atoms with van der Waals surface area (Å²) in [6.45, 7) is 2.96. The molecule has 0 aliphatic carbocycles. The maximum Gasteiger partial charge on any atom is 0.135 e. The molecule has 1 heterocycles. The fourth-order valence-electron chi connectivity index (χ4n) is 1.38. The zero-order valence-electron chi connectivity index (χ0n) is 6.60. The molecule has 1 aliphatic rings. The normalized spacial score (nSPS) is 43.8. The van der Waals surface area contributed by atoms with E-state index in [1.807, 2.05) is 11.9 Å². The molecule has 1 aliphatic heterocycles. The molecule has 0 aromatic heterocycles. The summed E-state index contributed by atoms with van der Waals surface area (Å²) in [6.07, 6.45) is 0.767. The molecular weight excluding hydrogens is 131 g/mol. The quantitative estimate of drug-likeness (QED) is 0.535. The first-order valence-corrected chi connectivity index (χ1v) is 3.65. The van der Waals surface area contributed by atoms with Crippen LogP contribution in [0.1, 0.15) is 13.3 Å². The van der Waals surface area contributed by atoms with E-state index in [4.69, 9.17) is 5.73 Å². The molecule has 10 heavy (non-hydrogen) atoms. The lowest BCUT2D eigenvalue weighted by Gasteiger charge is -2.37. The Kier molecular flexibility index (Phi) is 1.97. The van der Waals surface area contributed by atoms with Gasteiger partial charge in [0, 0.05) is 12.6 Å². The number of halogens is 1. The Morgan fingerprint density at radius 2 is 2.30 bits per heavy atom. The molecule has 0 radical (unpaired) electrons. The second-order valence-electron chi connectivity index (χ2n) is 3.41. The predicted molar refractivity (Wildman–Crippen MR) is 39.6 cm³/mol. The van der Waals surface area contributed by atoms with Crippen molar-refractivity contribution in [3.05, 3.63) is 0 Å². The van der Waals surface area contributed by atoms with Gasteiger partial charge in [0.1, 0.15) is 5.67 Å². The minimum absolute atomic E-state index is 0.274. The third kappa shape index (κ3) is 1.47. The molecule has 0 aromatic rings. The number of hydrogen-bond donors (Lipinski definition) is 1. The Bertz CT molecular complexity index is 125. The summed E-state index contributed by atoms with van der Waals surface area (Å²) in [5.41, 5.74) is 4.39. The molecule has 0 amide bonds. The van der Waals surface area contributed by atoms with Crippen LogP contribution in [-0.2, 0) is 0 Å². The van der Waals surface area contributed by atoms with Gasteiger partial charge in [-0.3, -0.25) is 0 Å². The third-order valence-corrected chi connectivity index (χ3v) is 2.17. The van der Waals surface area contributed by atoms with E-state index in [-0.39, 0.29) is 6.04 Å². The Morgan fingerprint density at radius 1 is 1.70 bits per heavy atom. The van der Waals surface area contributed by atoms with Crippen LogP contribution < -0.4 is 5.73 Å². The Balaban J connectivity index is 2.55. The number of alkyl halides is 1. The van der Waals surface area contributed by atoms with E-state index in [0.29, 0.717) is 6.54 Å². The third-order valence-electron chi connectivity index (χ3n) is 2.17. The Morgan fingerprint density at radius 3 is 2.70 bits per heavy atom. The van der Waals surface area contributed by atoms with Crippen LogP contribution in [0.4, 0.5) is 4.39 Å². The molecule has 2 unspecified atom stereocenters. The molecule has 0 spiro atoms. The summed E-state index contributed by atoms with van der Waals surface area (Å²) in [7, 11) is 1.92. The van der Waals surface area contributed by atoms with E-state index in [1.54, 1.807) is 6.92 Å². The van der Waals surface area contributed by atoms with Crippen molar-refractivity contribution in [3.8, 4) is 0 Å². The number of hydrogen-bond acceptors (Lipinski definition) is 2. The average Bonchev–Trinajstić information content (AvgIpc) is 1.78. The molecule has 1 saturated heterocycles. The summed E-state index contributed by atoms with van der Waals surface area (Å²) in [6, 6.07) is -0.274. The van der Waals surface area contributed by atoms with Gasteiger partial charge in [0.05, 0.1) is 0 Å². The van der Waals surface area contributed by atoms with Gasteiger partial charge in [-0.15, -0.1) is 0 Å². The van der Waals surface area contributed by atoms with Crippen molar-refractivity contribution in [1.29, 1.82) is 0 Å². The fraction of sp³-hybridized carbons (Fsp3) is 1.00. The van der Waals surface area contributed by atoms with Crippen LogP contribution in [0, 0.1) is 0 Å². The minimum Gasteiger partial charge on any atom is -0.325 e. The monoisotopic (exact) mass is 146 g/mol. The second kappa shape index (κ2) is 2.47. The second-order valence-corrected chi connectivity index (χ2v) is 3.41. The Labute approximate surface area is 61.2 Å². The zero-order chi connectivity index (χ0) is 7.78. The van der Waals surface area contributed by atoms with Gasteiger partial charge in [0.25, 0.3) is 0 Å². The maximum atomic E-state index is 13.3. The standard InChI is InChI=1S/C7H15FN2/c1-7(8)5-10(2)4-3-6(7)9/h6H,3-5,9H2,1-2H3. The summed E-state index contributed by atoms with van der Waals surface area (Å²) in [5.74, 6) is 0. The van der Waals surface area contributed by atoms with Crippen LogP contribution in [0.5, 0.6) is 0 Å². The van der Waals surface area contributed by atoms with Crippen LogP contribution >= 0.6 is 0 Å². The topological polar surface area (TPSA) is 29.3 Å². The lowest BCUT2D eigenvalue weighted by atomic mass is 9.92. The van der Waals surface area contributed by atoms with Gasteiger partial charge in [-0.2, -0.15) is 0 Å². The lowest BCUT2D eigenvalue weighted by molar-refractivity contribution is 0.0545. The fourth-order valence-corrected chi connectivity index (χ4v) is 1.38. The summed E-state index contributed by atoms with van der Waals surface area (Å²) in [4.78, 5) is 1.98. The number of nitrogens with two attached hydrogens (primary N) is 1. The molecular formula is C7H15FN2. The highest BCUT2D eigenvalue weighted by Gasteiger charge is 2.36. The van der Waals surface area contributed by atoms with Crippen LogP contribution in [0.2, 0.25) is 0 Å². The van der Waals surface area contributed by atoms with Gasteiger partial charge >= 0.3 is 0 Å². The van der Waals surface area contributed by atoms with Crippen molar-refractivity contribution in [2.75, 3.05) is 20.1 Å². The number of likely N-dealkylation sites (tertiary alicyclic amines) is 1. The number of rotatable bonds is 0. The molecule has 60 valence electrons. The van der Waals surface area contributed by atoms with Gasteiger partial charge in [-0.1, -0.05) is 0 Å². The van der Waals surface area contributed by atoms with E-state index in [0.717, 1.165) is 13.0 Å². The predicted octanol–water partition coefficient (Wildman–Crippen LogP) is 0.377. The van der Waals surface area contributed by atoms with Gasteiger partial charge in [-0.05, 0) is 26.9 Å². The number of piperidine rings is 1. The average molecular weight is 146 g/mol.